The summed E-state index contributed by atoms with van der Waals surface area (Å²) in [6.07, 6.45) is 1.35. The van der Waals surface area contributed by atoms with Crippen molar-refractivity contribution in [2.24, 2.45) is 5.10 Å². The van der Waals surface area contributed by atoms with Gasteiger partial charge in [0.25, 0.3) is 0 Å². The number of hydrogen-bond donors (Lipinski definition) is 2. The number of benzene rings is 3. The number of esters is 1. The van der Waals surface area contributed by atoms with Crippen molar-refractivity contribution in [1.82, 2.24) is 5.43 Å². The Morgan fingerprint density at radius 3 is 2.38 bits per heavy atom. The van der Waals surface area contributed by atoms with Crippen LogP contribution in [0.25, 0.3) is 0 Å². The van der Waals surface area contributed by atoms with Crippen LogP contribution < -0.4 is 15.5 Å². The lowest BCUT2D eigenvalue weighted by molar-refractivity contribution is -0.136. The van der Waals surface area contributed by atoms with Crippen LogP contribution in [0.15, 0.2) is 71.8 Å². The highest BCUT2D eigenvalue weighted by Crippen LogP contribution is 2.23. The van der Waals surface area contributed by atoms with Gasteiger partial charge in [-0.2, -0.15) is 5.10 Å². The van der Waals surface area contributed by atoms with Crippen LogP contribution in [0.2, 0.25) is 10.0 Å². The number of carbonyl (C=O) groups excluding carboxylic acids is 3. The molecule has 9 heteroatoms. The van der Waals surface area contributed by atoms with Crippen LogP contribution in [0.4, 0.5) is 5.69 Å². The van der Waals surface area contributed by atoms with E-state index in [9.17, 15) is 14.4 Å². The molecular formula is C23H17Cl2N3O4. The van der Waals surface area contributed by atoms with Gasteiger partial charge in [-0.15, -0.1) is 0 Å². The lowest BCUT2D eigenvalue weighted by Gasteiger charge is -2.06. The van der Waals surface area contributed by atoms with Crippen LogP contribution in [0.5, 0.6) is 5.75 Å². The molecule has 2 N–H and O–H groups in total. The topological polar surface area (TPSA) is 96.9 Å². The fourth-order valence-corrected chi connectivity index (χ4v) is 3.05. The van der Waals surface area contributed by atoms with Gasteiger partial charge in [0.2, 0.25) is 0 Å². The average Bonchev–Trinajstić information content (AvgIpc) is 2.74. The average molecular weight is 470 g/mol. The third-order valence-electron chi connectivity index (χ3n) is 4.10. The fourth-order valence-electron chi connectivity index (χ4n) is 2.57. The predicted molar refractivity (Wildman–Crippen MR) is 123 cm³/mol. The Kier molecular flexibility index (Phi) is 7.59. The molecule has 0 aliphatic heterocycles. The number of aryl methyl sites for hydroxylation is 1. The summed E-state index contributed by atoms with van der Waals surface area (Å²) < 4.78 is 5.28. The zero-order valence-electron chi connectivity index (χ0n) is 16.8. The number of halogens is 2. The third-order valence-corrected chi connectivity index (χ3v) is 4.65. The van der Waals surface area contributed by atoms with Gasteiger partial charge in [-0.1, -0.05) is 35.3 Å². The van der Waals surface area contributed by atoms with E-state index in [1.807, 2.05) is 13.0 Å². The first-order valence-electron chi connectivity index (χ1n) is 9.30. The smallest absolute Gasteiger partial charge is 0.345 e. The van der Waals surface area contributed by atoms with Crippen molar-refractivity contribution in [3.05, 3.63) is 93.5 Å². The normalized spacial score (nSPS) is 10.6. The molecule has 0 saturated heterocycles. The summed E-state index contributed by atoms with van der Waals surface area (Å²) in [5.41, 5.74) is 4.41. The first-order valence-corrected chi connectivity index (χ1v) is 10.1. The van der Waals surface area contributed by atoms with Gasteiger partial charge in [-0.3, -0.25) is 9.59 Å². The summed E-state index contributed by atoms with van der Waals surface area (Å²) in [6.45, 7) is 1.87. The minimum atomic E-state index is -0.909. The van der Waals surface area contributed by atoms with Crippen molar-refractivity contribution < 1.29 is 19.1 Å². The maximum absolute atomic E-state index is 12.2. The molecule has 0 unspecified atom stereocenters. The molecule has 0 atom stereocenters. The minimum Gasteiger partial charge on any atom is -0.423 e. The Morgan fingerprint density at radius 1 is 0.938 bits per heavy atom. The molecule has 3 rings (SSSR count). The largest absolute Gasteiger partial charge is 0.423 e. The van der Waals surface area contributed by atoms with E-state index >= 15 is 0 Å². The number of carbonyl (C=O) groups is 3. The highest BCUT2D eigenvalue weighted by atomic mass is 35.5. The Bertz CT molecular complexity index is 1190. The number of anilines is 1. The van der Waals surface area contributed by atoms with Crippen molar-refractivity contribution in [3.8, 4) is 5.75 Å². The molecule has 0 bridgehead atoms. The number of nitrogens with zero attached hydrogens (tertiary/aromatic N) is 1. The molecule has 0 aliphatic rings. The van der Waals surface area contributed by atoms with Crippen molar-refractivity contribution in [2.45, 2.75) is 6.92 Å². The number of hydrogen-bond acceptors (Lipinski definition) is 5. The molecule has 2 amide bonds. The molecule has 162 valence electrons. The van der Waals surface area contributed by atoms with Crippen LogP contribution in [-0.4, -0.2) is 24.0 Å². The van der Waals surface area contributed by atoms with E-state index < -0.39 is 17.8 Å². The Morgan fingerprint density at radius 2 is 1.69 bits per heavy atom. The first kappa shape index (κ1) is 23.0. The first-order chi connectivity index (χ1) is 15.3. The monoisotopic (exact) mass is 469 g/mol. The molecule has 0 saturated carbocycles. The summed E-state index contributed by atoms with van der Waals surface area (Å²) in [4.78, 5) is 36.0. The molecule has 3 aromatic carbocycles. The van der Waals surface area contributed by atoms with Gasteiger partial charge in [-0.05, 0) is 72.6 Å². The quantitative estimate of drug-likeness (QED) is 0.187. The van der Waals surface area contributed by atoms with E-state index in [1.54, 1.807) is 48.5 Å². The van der Waals surface area contributed by atoms with E-state index in [4.69, 9.17) is 27.9 Å². The summed E-state index contributed by atoms with van der Waals surface area (Å²) in [6, 6.07) is 17.9. The molecule has 0 spiro atoms. The van der Waals surface area contributed by atoms with Gasteiger partial charge in [0, 0.05) is 10.7 Å². The lowest BCUT2D eigenvalue weighted by Crippen LogP contribution is -2.32. The molecule has 0 heterocycles. The lowest BCUT2D eigenvalue weighted by atomic mass is 10.2. The van der Waals surface area contributed by atoms with E-state index in [0.29, 0.717) is 22.0 Å². The molecule has 32 heavy (non-hydrogen) atoms. The van der Waals surface area contributed by atoms with Gasteiger partial charge in [0.1, 0.15) is 5.75 Å². The molecule has 0 fully saturated rings. The van der Waals surface area contributed by atoms with Crippen molar-refractivity contribution >= 4 is 52.9 Å². The highest BCUT2D eigenvalue weighted by Gasteiger charge is 2.14. The molecule has 7 nitrogen and oxygen atoms in total. The Labute approximate surface area is 194 Å². The summed E-state index contributed by atoms with van der Waals surface area (Å²) in [7, 11) is 0. The van der Waals surface area contributed by atoms with Gasteiger partial charge < -0.3 is 10.1 Å². The van der Waals surface area contributed by atoms with E-state index in [-0.39, 0.29) is 10.6 Å². The standard InChI is InChI=1S/C23H17Cl2N3O4/c1-14-3-2-4-17(11-14)27-21(29)22(30)28-26-13-15-5-8-18(9-6-15)32-23(31)19-10-7-16(24)12-20(19)25/h2-13H,1H3,(H,27,29)(H,28,30)/b26-13+. The molecule has 3 aromatic rings. The number of hydrazone groups is 1. The molecule has 0 aliphatic carbocycles. The van der Waals surface area contributed by atoms with Crippen LogP contribution in [0.3, 0.4) is 0 Å². The number of amides is 2. The van der Waals surface area contributed by atoms with Crippen LogP contribution in [-0.2, 0) is 9.59 Å². The van der Waals surface area contributed by atoms with Crippen molar-refractivity contribution in [2.75, 3.05) is 5.32 Å². The van der Waals surface area contributed by atoms with Gasteiger partial charge in [0.05, 0.1) is 16.8 Å². The molecule has 0 aromatic heterocycles. The zero-order valence-corrected chi connectivity index (χ0v) is 18.3. The fraction of sp³-hybridized carbons (Fsp3) is 0.0435. The summed E-state index contributed by atoms with van der Waals surface area (Å²) in [5.74, 6) is -2.08. The Balaban J connectivity index is 1.53. The van der Waals surface area contributed by atoms with Gasteiger partial charge >= 0.3 is 17.8 Å². The van der Waals surface area contributed by atoms with E-state index in [1.165, 1.54) is 18.3 Å². The van der Waals surface area contributed by atoms with Crippen LogP contribution in [0.1, 0.15) is 21.5 Å². The minimum absolute atomic E-state index is 0.188. The zero-order chi connectivity index (χ0) is 23.1. The second kappa shape index (κ2) is 10.6. The summed E-state index contributed by atoms with van der Waals surface area (Å²) >= 11 is 11.8. The number of rotatable bonds is 5. The second-order valence-electron chi connectivity index (χ2n) is 6.61. The van der Waals surface area contributed by atoms with Crippen LogP contribution >= 0.6 is 23.2 Å². The van der Waals surface area contributed by atoms with Gasteiger partial charge in [0.15, 0.2) is 0 Å². The van der Waals surface area contributed by atoms with Gasteiger partial charge in [-0.25, -0.2) is 10.2 Å². The SMILES string of the molecule is Cc1cccc(NC(=O)C(=O)N/N=C/c2ccc(OC(=O)c3ccc(Cl)cc3Cl)cc2)c1. The maximum Gasteiger partial charge on any atom is 0.345 e. The molecular weight excluding hydrogens is 453 g/mol. The second-order valence-corrected chi connectivity index (χ2v) is 7.45. The van der Waals surface area contributed by atoms with E-state index in [0.717, 1.165) is 5.56 Å². The third kappa shape index (κ3) is 6.41. The van der Waals surface area contributed by atoms with Crippen molar-refractivity contribution in [1.29, 1.82) is 0 Å². The van der Waals surface area contributed by atoms with Crippen molar-refractivity contribution in [3.63, 3.8) is 0 Å². The number of nitrogens with one attached hydrogen (secondary N) is 2. The Hall–Kier alpha value is -3.68. The maximum atomic E-state index is 12.2. The molecule has 0 radical (unpaired) electrons. The predicted octanol–water partition coefficient (Wildman–Crippen LogP) is 4.61. The number of ether oxygens (including phenoxy) is 1. The van der Waals surface area contributed by atoms with E-state index in [2.05, 4.69) is 15.8 Å². The highest BCUT2D eigenvalue weighted by molar-refractivity contribution is 6.39. The van der Waals surface area contributed by atoms with Crippen LogP contribution in [0, 0.1) is 6.92 Å². The summed E-state index contributed by atoms with van der Waals surface area (Å²) in [5, 5.41) is 6.84.